The van der Waals surface area contributed by atoms with Crippen molar-refractivity contribution in [2.45, 2.75) is 0 Å². The molecule has 0 saturated carbocycles. The smallest absolute Gasteiger partial charge is 0.297 e. The second-order valence-electron chi connectivity index (χ2n) is 0.956. The molecule has 0 aromatic carbocycles. The molecule has 0 aromatic rings. The minimum absolute atomic E-state index is 0.687. The number of hydroxylamine groups is 1. The topological polar surface area (TPSA) is 117 Å². The van der Waals surface area contributed by atoms with E-state index >= 15 is 0 Å². The van der Waals surface area contributed by atoms with Gasteiger partial charge in [-0.3, -0.25) is 4.84 Å². The molecule has 0 amide bonds. The number of rotatable bonds is 5. The van der Waals surface area contributed by atoms with E-state index in [0.29, 0.717) is 0 Å². The summed E-state index contributed by atoms with van der Waals surface area (Å²) >= 11 is 0. The van der Waals surface area contributed by atoms with Crippen molar-refractivity contribution in [1.82, 2.24) is 5.48 Å². The third-order valence-corrected chi connectivity index (χ3v) is 0.368. The van der Waals surface area contributed by atoms with Crippen LogP contribution in [0.4, 0.5) is 0 Å². The SMILES string of the molecule is O=[N+]([O-])OCNO[N+](=O)[O-]. The van der Waals surface area contributed by atoms with E-state index in [4.69, 9.17) is 0 Å². The van der Waals surface area contributed by atoms with Gasteiger partial charge < -0.3 is 0 Å². The Hall–Kier alpha value is -1.64. The van der Waals surface area contributed by atoms with Gasteiger partial charge in [-0.05, 0) is 0 Å². The summed E-state index contributed by atoms with van der Waals surface area (Å²) in [6.07, 6.45) is 0. The van der Waals surface area contributed by atoms with Gasteiger partial charge in [0.25, 0.3) is 5.09 Å². The minimum atomic E-state index is -1.16. The molecular weight excluding hydrogens is 150 g/mol. The maximum atomic E-state index is 9.36. The highest BCUT2D eigenvalue weighted by molar-refractivity contribution is 3.99. The van der Waals surface area contributed by atoms with Crippen LogP contribution in [0.5, 0.6) is 0 Å². The molecule has 0 aliphatic carbocycles. The summed E-state index contributed by atoms with van der Waals surface area (Å²) in [6, 6.07) is 0. The largest absolute Gasteiger partial charge is 0.311 e. The lowest BCUT2D eigenvalue weighted by Gasteiger charge is -1.97. The second-order valence-corrected chi connectivity index (χ2v) is 0.956. The quantitative estimate of drug-likeness (QED) is 0.229. The zero-order valence-corrected chi connectivity index (χ0v) is 4.55. The van der Waals surface area contributed by atoms with Crippen molar-refractivity contribution in [2.24, 2.45) is 0 Å². The normalized spacial score (nSPS) is 8.40. The van der Waals surface area contributed by atoms with Crippen LogP contribution in [0, 0.1) is 20.2 Å². The fourth-order valence-corrected chi connectivity index (χ4v) is 0.158. The molecule has 0 spiro atoms. The van der Waals surface area contributed by atoms with Crippen molar-refractivity contribution in [2.75, 3.05) is 6.73 Å². The molecule has 0 aromatic heterocycles. The standard InChI is InChI=1S/CH3N3O6/c5-3(6)9-1-2-10-4(7)8/h2H,1H2. The maximum Gasteiger partial charge on any atom is 0.311 e. The first-order valence-corrected chi connectivity index (χ1v) is 1.94. The van der Waals surface area contributed by atoms with E-state index in [1.54, 1.807) is 5.48 Å². The van der Waals surface area contributed by atoms with Crippen LogP contribution in [0.2, 0.25) is 0 Å². The predicted octanol–water partition coefficient (Wildman–Crippen LogP) is -1.13. The van der Waals surface area contributed by atoms with Crippen molar-refractivity contribution >= 4 is 0 Å². The molecule has 9 nitrogen and oxygen atoms in total. The van der Waals surface area contributed by atoms with Gasteiger partial charge in [0.2, 0.25) is 0 Å². The van der Waals surface area contributed by atoms with Gasteiger partial charge in [-0.2, -0.15) is 0 Å². The Labute approximate surface area is 53.7 Å². The van der Waals surface area contributed by atoms with E-state index in [-0.39, 0.29) is 0 Å². The molecule has 0 aliphatic heterocycles. The summed E-state index contributed by atoms with van der Waals surface area (Å²) in [5.74, 6) is 0. The van der Waals surface area contributed by atoms with Crippen LogP contribution in [0.25, 0.3) is 0 Å². The Bertz CT molecular complexity index is 117. The molecule has 0 radical (unpaired) electrons. The molecule has 9 heteroatoms. The van der Waals surface area contributed by atoms with E-state index in [1.807, 2.05) is 0 Å². The highest BCUT2D eigenvalue weighted by Crippen LogP contribution is 1.71. The molecule has 0 unspecified atom stereocenters. The summed E-state index contributed by atoms with van der Waals surface area (Å²) in [4.78, 5) is 25.7. The molecule has 0 heterocycles. The first-order valence-electron chi connectivity index (χ1n) is 1.94. The van der Waals surface area contributed by atoms with Crippen LogP contribution in [0.15, 0.2) is 0 Å². The van der Waals surface area contributed by atoms with Crippen LogP contribution in [-0.4, -0.2) is 16.9 Å². The molecule has 1 N–H and O–H groups in total. The Balaban J connectivity index is 3.06. The van der Waals surface area contributed by atoms with Gasteiger partial charge in [0.15, 0.2) is 6.73 Å². The molecule has 0 atom stereocenters. The van der Waals surface area contributed by atoms with Gasteiger partial charge in [0.1, 0.15) is 0 Å². The summed E-state index contributed by atoms with van der Waals surface area (Å²) in [7, 11) is 0. The molecular formula is CH3N3O6. The van der Waals surface area contributed by atoms with Crippen LogP contribution >= 0.6 is 0 Å². The molecule has 58 valence electrons. The van der Waals surface area contributed by atoms with Crippen molar-refractivity contribution in [3.8, 4) is 0 Å². The van der Waals surface area contributed by atoms with Gasteiger partial charge in [-0.25, -0.2) is 4.94 Å². The minimum Gasteiger partial charge on any atom is -0.297 e. The van der Waals surface area contributed by atoms with E-state index in [2.05, 4.69) is 9.78 Å². The summed E-state index contributed by atoms with van der Waals surface area (Å²) in [6.45, 7) is -0.687. The number of nitrogens with one attached hydrogen (secondary N) is 1. The lowest BCUT2D eigenvalue weighted by molar-refractivity contribution is -0.797. The zero-order valence-electron chi connectivity index (χ0n) is 4.55. The average Bonchev–Trinajstić information content (AvgIpc) is 1.79. The van der Waals surface area contributed by atoms with Crippen LogP contribution in [0.1, 0.15) is 0 Å². The first-order chi connectivity index (χ1) is 4.63. The maximum absolute atomic E-state index is 9.36. The van der Waals surface area contributed by atoms with Crippen molar-refractivity contribution < 1.29 is 19.9 Å². The van der Waals surface area contributed by atoms with E-state index < -0.39 is 16.9 Å². The fraction of sp³-hybridized carbons (Fsp3) is 1.00. The van der Waals surface area contributed by atoms with Crippen LogP contribution < -0.4 is 5.48 Å². The Kier molecular flexibility index (Phi) is 3.56. The Morgan fingerprint density at radius 3 is 2.30 bits per heavy atom. The lowest BCUT2D eigenvalue weighted by Crippen LogP contribution is -2.23. The van der Waals surface area contributed by atoms with Crippen molar-refractivity contribution in [3.05, 3.63) is 20.2 Å². The van der Waals surface area contributed by atoms with E-state index in [1.165, 1.54) is 0 Å². The Morgan fingerprint density at radius 2 is 1.90 bits per heavy atom. The number of hydrogen-bond donors (Lipinski definition) is 1. The highest BCUT2D eigenvalue weighted by atomic mass is 17.0. The summed E-state index contributed by atoms with van der Waals surface area (Å²) in [5.41, 5.74) is 1.55. The van der Waals surface area contributed by atoms with E-state index in [9.17, 15) is 20.2 Å². The van der Waals surface area contributed by atoms with Crippen molar-refractivity contribution in [3.63, 3.8) is 0 Å². The monoisotopic (exact) mass is 153 g/mol. The lowest BCUT2D eigenvalue weighted by atomic mass is 11.4. The molecule has 10 heavy (non-hydrogen) atoms. The second kappa shape index (κ2) is 4.26. The third kappa shape index (κ3) is 6.36. The first kappa shape index (κ1) is 8.36. The van der Waals surface area contributed by atoms with Crippen molar-refractivity contribution in [1.29, 1.82) is 0 Å². The molecule has 0 aliphatic rings. The van der Waals surface area contributed by atoms with Gasteiger partial charge in [-0.15, -0.1) is 25.7 Å². The molecule has 0 bridgehead atoms. The summed E-state index contributed by atoms with van der Waals surface area (Å²) in [5, 5.41) is 16.4. The third-order valence-electron chi connectivity index (χ3n) is 0.368. The van der Waals surface area contributed by atoms with Crippen LogP contribution in [-0.2, 0) is 9.78 Å². The van der Waals surface area contributed by atoms with Gasteiger partial charge in [0, 0.05) is 0 Å². The van der Waals surface area contributed by atoms with Gasteiger partial charge in [-0.1, -0.05) is 0 Å². The van der Waals surface area contributed by atoms with Gasteiger partial charge in [0.05, 0.1) is 0 Å². The average molecular weight is 153 g/mol. The van der Waals surface area contributed by atoms with E-state index in [0.717, 1.165) is 0 Å². The number of nitrogens with zero attached hydrogens (tertiary/aromatic N) is 2. The molecule has 0 saturated heterocycles. The van der Waals surface area contributed by atoms with Crippen LogP contribution in [0.3, 0.4) is 0 Å². The Morgan fingerprint density at radius 1 is 1.30 bits per heavy atom. The van der Waals surface area contributed by atoms with Gasteiger partial charge >= 0.3 is 5.09 Å². The molecule has 0 rings (SSSR count). The zero-order chi connectivity index (χ0) is 7.98. The predicted molar refractivity (Wildman–Crippen MR) is 24.2 cm³/mol. The number of hydrogen-bond acceptors (Lipinski definition) is 7. The highest BCUT2D eigenvalue weighted by Gasteiger charge is 1.95. The fourth-order valence-electron chi connectivity index (χ4n) is 0.158. The summed E-state index contributed by atoms with van der Waals surface area (Å²) < 4.78 is 0. The molecule has 0 fully saturated rings.